The molecule has 0 atom stereocenters. The molecule has 0 aliphatic carbocycles. The number of rotatable bonds is 0. The number of benzene rings is 1. The Morgan fingerprint density at radius 3 is 2.79 bits per heavy atom. The third-order valence-electron chi connectivity index (χ3n) is 2.94. The summed E-state index contributed by atoms with van der Waals surface area (Å²) in [6, 6.07) is 4.50. The molecule has 0 spiro atoms. The first-order valence-corrected chi connectivity index (χ1v) is 6.72. The minimum Gasteiger partial charge on any atom is -0.126 e. The van der Waals surface area contributed by atoms with E-state index in [9.17, 15) is 0 Å². The van der Waals surface area contributed by atoms with Crippen molar-refractivity contribution >= 4 is 27.7 Å². The van der Waals surface area contributed by atoms with E-state index in [4.69, 9.17) is 0 Å². The van der Waals surface area contributed by atoms with Gasteiger partial charge in [-0.1, -0.05) is 29.8 Å². The predicted octanol–water partition coefficient (Wildman–Crippen LogP) is 4.53. The maximum atomic E-state index is 3.58. The molecule has 1 aliphatic heterocycles. The highest BCUT2D eigenvalue weighted by molar-refractivity contribution is 9.10. The summed E-state index contributed by atoms with van der Waals surface area (Å²) in [5, 5.41) is 0. The molecule has 0 unspecified atom stereocenters. The SMILES string of the molecule is Cc1cc(Br)cc2c1SCCC2(C)C. The van der Waals surface area contributed by atoms with Crippen LogP contribution in [0.1, 0.15) is 31.4 Å². The number of thioether (sulfide) groups is 1. The second-order valence-corrected chi connectivity index (χ2v) is 6.60. The first-order chi connectivity index (χ1) is 6.50. The molecule has 1 aliphatic rings. The van der Waals surface area contributed by atoms with Gasteiger partial charge in [0.25, 0.3) is 0 Å². The molecule has 76 valence electrons. The minimum atomic E-state index is 0.342. The van der Waals surface area contributed by atoms with Crippen molar-refractivity contribution in [1.29, 1.82) is 0 Å². The lowest BCUT2D eigenvalue weighted by Crippen LogP contribution is -2.23. The van der Waals surface area contributed by atoms with E-state index in [0.717, 1.165) is 0 Å². The van der Waals surface area contributed by atoms with Crippen molar-refractivity contribution < 1.29 is 0 Å². The van der Waals surface area contributed by atoms with Gasteiger partial charge in [0, 0.05) is 9.37 Å². The number of hydrogen-bond donors (Lipinski definition) is 0. The van der Waals surface area contributed by atoms with E-state index in [-0.39, 0.29) is 0 Å². The van der Waals surface area contributed by atoms with Crippen LogP contribution in [-0.4, -0.2) is 5.75 Å². The first kappa shape index (κ1) is 10.6. The molecule has 0 N–H and O–H groups in total. The zero-order chi connectivity index (χ0) is 10.3. The van der Waals surface area contributed by atoms with Gasteiger partial charge >= 0.3 is 0 Å². The molecular formula is C12H15BrS. The van der Waals surface area contributed by atoms with Crippen LogP contribution in [0, 0.1) is 6.92 Å². The van der Waals surface area contributed by atoms with E-state index in [1.165, 1.54) is 32.7 Å². The van der Waals surface area contributed by atoms with E-state index < -0.39 is 0 Å². The molecule has 1 heterocycles. The largest absolute Gasteiger partial charge is 0.126 e. The molecule has 0 nitrogen and oxygen atoms in total. The lowest BCUT2D eigenvalue weighted by atomic mass is 9.81. The van der Waals surface area contributed by atoms with Crippen LogP contribution >= 0.6 is 27.7 Å². The first-order valence-electron chi connectivity index (χ1n) is 4.94. The van der Waals surface area contributed by atoms with E-state index in [0.29, 0.717) is 5.41 Å². The zero-order valence-corrected chi connectivity index (χ0v) is 11.3. The Bertz CT molecular complexity index is 369. The van der Waals surface area contributed by atoms with Crippen LogP contribution in [0.4, 0.5) is 0 Å². The summed E-state index contributed by atoms with van der Waals surface area (Å²) >= 11 is 5.59. The van der Waals surface area contributed by atoms with Crippen molar-refractivity contribution in [2.24, 2.45) is 0 Å². The molecule has 14 heavy (non-hydrogen) atoms. The highest BCUT2D eigenvalue weighted by Crippen LogP contribution is 2.44. The van der Waals surface area contributed by atoms with Crippen molar-refractivity contribution in [3.8, 4) is 0 Å². The lowest BCUT2D eigenvalue weighted by Gasteiger charge is -2.33. The molecule has 0 saturated carbocycles. The molecular weight excluding hydrogens is 256 g/mol. The van der Waals surface area contributed by atoms with Crippen LogP contribution in [0.15, 0.2) is 21.5 Å². The third kappa shape index (κ3) is 1.74. The van der Waals surface area contributed by atoms with Gasteiger partial charge in [0.2, 0.25) is 0 Å². The Labute approximate surface area is 98.6 Å². The highest BCUT2D eigenvalue weighted by atomic mass is 79.9. The average Bonchev–Trinajstić information content (AvgIpc) is 2.06. The van der Waals surface area contributed by atoms with Crippen molar-refractivity contribution in [3.63, 3.8) is 0 Å². The van der Waals surface area contributed by atoms with Crippen molar-refractivity contribution in [2.75, 3.05) is 5.75 Å². The number of fused-ring (bicyclic) bond motifs is 1. The fourth-order valence-electron chi connectivity index (χ4n) is 1.97. The number of hydrogen-bond acceptors (Lipinski definition) is 1. The fraction of sp³-hybridized carbons (Fsp3) is 0.500. The van der Waals surface area contributed by atoms with Gasteiger partial charge in [-0.25, -0.2) is 0 Å². The maximum Gasteiger partial charge on any atom is 0.0181 e. The van der Waals surface area contributed by atoms with Gasteiger partial charge in [-0.15, -0.1) is 11.8 Å². The van der Waals surface area contributed by atoms with Crippen molar-refractivity contribution in [1.82, 2.24) is 0 Å². The number of halogens is 1. The Morgan fingerprint density at radius 1 is 1.36 bits per heavy atom. The molecule has 0 fully saturated rings. The zero-order valence-electron chi connectivity index (χ0n) is 8.86. The second-order valence-electron chi connectivity index (χ2n) is 4.58. The van der Waals surface area contributed by atoms with Crippen LogP contribution < -0.4 is 0 Å². The Morgan fingerprint density at radius 2 is 2.07 bits per heavy atom. The normalized spacial score (nSPS) is 19.1. The van der Waals surface area contributed by atoms with Crippen molar-refractivity contribution in [3.05, 3.63) is 27.7 Å². The molecule has 1 aromatic carbocycles. The van der Waals surface area contributed by atoms with E-state index in [2.05, 4.69) is 48.8 Å². The highest BCUT2D eigenvalue weighted by Gasteiger charge is 2.28. The van der Waals surface area contributed by atoms with E-state index in [1.807, 2.05) is 11.8 Å². The fourth-order valence-corrected chi connectivity index (χ4v) is 4.13. The van der Waals surface area contributed by atoms with Gasteiger partial charge in [-0.3, -0.25) is 0 Å². The van der Waals surface area contributed by atoms with E-state index >= 15 is 0 Å². The van der Waals surface area contributed by atoms with Crippen LogP contribution in [0.2, 0.25) is 0 Å². The summed E-state index contributed by atoms with van der Waals surface area (Å²) in [7, 11) is 0. The van der Waals surface area contributed by atoms with Crippen molar-refractivity contribution in [2.45, 2.75) is 37.5 Å². The summed E-state index contributed by atoms with van der Waals surface area (Å²) in [6.45, 7) is 6.90. The molecule has 0 bridgehead atoms. The van der Waals surface area contributed by atoms with Gasteiger partial charge in [0.1, 0.15) is 0 Å². The van der Waals surface area contributed by atoms with Crippen LogP contribution in [0.25, 0.3) is 0 Å². The monoisotopic (exact) mass is 270 g/mol. The quantitative estimate of drug-likeness (QED) is 0.668. The average molecular weight is 271 g/mol. The summed E-state index contributed by atoms with van der Waals surface area (Å²) in [5.41, 5.74) is 3.27. The van der Waals surface area contributed by atoms with Gasteiger partial charge in [-0.05, 0) is 47.8 Å². The maximum absolute atomic E-state index is 3.58. The molecule has 0 radical (unpaired) electrons. The number of aryl methyl sites for hydroxylation is 1. The summed E-state index contributed by atoms with van der Waals surface area (Å²) < 4.78 is 1.21. The molecule has 0 amide bonds. The minimum absolute atomic E-state index is 0.342. The second kappa shape index (κ2) is 3.57. The van der Waals surface area contributed by atoms with E-state index in [1.54, 1.807) is 0 Å². The van der Waals surface area contributed by atoms with Crippen LogP contribution in [-0.2, 0) is 5.41 Å². The van der Waals surface area contributed by atoms with Gasteiger partial charge in [0.05, 0.1) is 0 Å². The Hall–Kier alpha value is 0.0500. The molecule has 0 saturated heterocycles. The van der Waals surface area contributed by atoms with Gasteiger partial charge < -0.3 is 0 Å². The molecule has 2 rings (SSSR count). The smallest absolute Gasteiger partial charge is 0.0181 e. The van der Waals surface area contributed by atoms with Crippen LogP contribution in [0.3, 0.4) is 0 Å². The topological polar surface area (TPSA) is 0 Å². The summed E-state index contributed by atoms with van der Waals surface area (Å²) in [5.74, 6) is 1.25. The molecule has 0 aromatic heterocycles. The summed E-state index contributed by atoms with van der Waals surface area (Å²) in [4.78, 5) is 1.50. The summed E-state index contributed by atoms with van der Waals surface area (Å²) in [6.07, 6.45) is 1.28. The molecule has 1 aromatic rings. The van der Waals surface area contributed by atoms with Crippen LogP contribution in [0.5, 0.6) is 0 Å². The van der Waals surface area contributed by atoms with Gasteiger partial charge in [-0.2, -0.15) is 0 Å². The molecule has 2 heteroatoms. The third-order valence-corrected chi connectivity index (χ3v) is 4.64. The van der Waals surface area contributed by atoms with Gasteiger partial charge in [0.15, 0.2) is 0 Å². The lowest BCUT2D eigenvalue weighted by molar-refractivity contribution is 0.492. The predicted molar refractivity (Wildman–Crippen MR) is 67.2 cm³/mol. The standard InChI is InChI=1S/C12H15BrS/c1-8-6-9(13)7-10-11(8)14-5-4-12(10,2)3/h6-7H,4-5H2,1-3H3. The Kier molecular flexibility index (Phi) is 2.69. The Balaban J connectivity index is 2.63.